The Balaban J connectivity index is 0.000000182. The second-order valence-corrected chi connectivity index (χ2v) is 26.2. The first kappa shape index (κ1) is 59.1. The summed E-state index contributed by atoms with van der Waals surface area (Å²) in [4.78, 5) is 0. The van der Waals surface area contributed by atoms with Gasteiger partial charge in [-0.05, 0) is 63.7 Å². The third kappa shape index (κ3) is 15.2. The number of hydrogen-bond donors (Lipinski definition) is 0. The number of benzene rings is 8. The maximum absolute atomic E-state index is 2.35. The Bertz CT molecular complexity index is 2990. The fourth-order valence-corrected chi connectivity index (χ4v) is 14.8. The van der Waals surface area contributed by atoms with Gasteiger partial charge in [-0.25, -0.2) is 0 Å². The van der Waals surface area contributed by atoms with E-state index in [9.17, 15) is 0 Å². The summed E-state index contributed by atoms with van der Waals surface area (Å²) < 4.78 is 0. The van der Waals surface area contributed by atoms with Gasteiger partial charge in [0.25, 0.3) is 0 Å². The van der Waals surface area contributed by atoms with Crippen molar-refractivity contribution in [3.05, 3.63) is 267 Å². The molecule has 8 heteroatoms. The molecule has 0 unspecified atom stereocenters. The minimum atomic E-state index is -0.493. The summed E-state index contributed by atoms with van der Waals surface area (Å²) in [5, 5.41) is 22.3. The topological polar surface area (TPSA) is 0 Å². The first-order valence-electron chi connectivity index (χ1n) is 23.1. The monoisotopic (exact) mass is 1200 g/mol. The molecule has 12 rings (SSSR count). The standard InChI is InChI=1S/2C21H16P.2C11H12P.2ClH.2Zr/c2*1-3-11-19(12-4-1)22(20-13-5-2-6-14-20)21-15-17-9-7-8-10-18(17)16-21;2*1-12(2)11-7-9-5-3-4-6-10(9)8-11;;;;/h2*1-16H;2*3-8H,1-2H3;2*1H;;/q4*-1;;;2*+2/p-2. The zero-order chi connectivity index (χ0) is 46.7. The smallest absolute Gasteiger partial charge is 1.00 e. The van der Waals surface area contributed by atoms with Gasteiger partial charge in [-0.2, -0.15) is 24.3 Å². The molecule has 0 amide bonds. The predicted molar refractivity (Wildman–Crippen MR) is 312 cm³/mol. The van der Waals surface area contributed by atoms with Gasteiger partial charge in [0, 0.05) is 0 Å². The molecule has 0 saturated carbocycles. The van der Waals surface area contributed by atoms with Gasteiger partial charge in [-0.1, -0.05) is 146 Å². The van der Waals surface area contributed by atoms with Crippen molar-refractivity contribution in [2.75, 3.05) is 26.7 Å². The van der Waals surface area contributed by atoms with Crippen molar-refractivity contribution in [2.45, 2.75) is 0 Å². The van der Waals surface area contributed by atoms with Crippen molar-refractivity contribution >= 4 is 117 Å². The fourth-order valence-electron chi connectivity index (χ4n) is 8.51. The van der Waals surface area contributed by atoms with Gasteiger partial charge in [-0.3, -0.25) is 0 Å². The average molecular weight is 1200 g/mol. The van der Waals surface area contributed by atoms with Crippen LogP contribution in [0.3, 0.4) is 0 Å². The summed E-state index contributed by atoms with van der Waals surface area (Å²) in [7, 11) is -0.870. The Labute approximate surface area is 483 Å². The molecule has 0 bridgehead atoms. The number of hydrogen-bond acceptors (Lipinski definition) is 0. The molecule has 0 nitrogen and oxygen atoms in total. The third-order valence-electron chi connectivity index (χ3n) is 12.0. The minimum absolute atomic E-state index is 0. The van der Waals surface area contributed by atoms with E-state index in [0.717, 1.165) is 0 Å². The van der Waals surface area contributed by atoms with Crippen LogP contribution in [-0.4, -0.2) is 26.7 Å². The van der Waals surface area contributed by atoms with Crippen LogP contribution in [0.2, 0.25) is 0 Å². The van der Waals surface area contributed by atoms with E-state index in [4.69, 9.17) is 0 Å². The van der Waals surface area contributed by atoms with Crippen LogP contribution < -0.4 is 67.3 Å². The van der Waals surface area contributed by atoms with Crippen molar-refractivity contribution in [3.8, 4) is 0 Å². The second kappa shape index (κ2) is 29.4. The van der Waals surface area contributed by atoms with Crippen molar-refractivity contribution in [3.63, 3.8) is 0 Å². The van der Waals surface area contributed by atoms with Crippen molar-refractivity contribution < 1.29 is 77.2 Å². The van der Waals surface area contributed by atoms with E-state index in [0.29, 0.717) is 0 Å². The minimum Gasteiger partial charge on any atom is -1.00 e. The number of rotatable bonds is 8. The summed E-state index contributed by atoms with van der Waals surface area (Å²) in [5.41, 5.74) is 0. The quantitative estimate of drug-likeness (QED) is 0.106. The van der Waals surface area contributed by atoms with Crippen LogP contribution in [0.25, 0.3) is 43.1 Å². The second-order valence-electron chi connectivity index (χ2n) is 17.2. The van der Waals surface area contributed by atoms with Crippen LogP contribution in [-0.2, 0) is 52.4 Å². The summed E-state index contributed by atoms with van der Waals surface area (Å²) in [6, 6.07) is 96.3. The molecule has 0 heterocycles. The molecule has 0 N–H and O–H groups in total. The zero-order valence-electron chi connectivity index (χ0n) is 40.9. The summed E-state index contributed by atoms with van der Waals surface area (Å²) in [6.45, 7) is 9.18. The van der Waals surface area contributed by atoms with Crippen LogP contribution in [0.5, 0.6) is 0 Å². The van der Waals surface area contributed by atoms with E-state index in [1.165, 1.54) is 85.5 Å². The molecule has 0 aromatic heterocycles. The Morgan fingerprint density at radius 1 is 0.250 bits per heavy atom. The van der Waals surface area contributed by atoms with Crippen LogP contribution in [0.15, 0.2) is 267 Å². The number of halogens is 2. The first-order valence-corrected chi connectivity index (χ1v) is 30.3. The maximum atomic E-state index is 2.35. The van der Waals surface area contributed by atoms with E-state index in [1.807, 2.05) is 0 Å². The molecule has 0 fully saturated rings. The molecule has 0 aliphatic carbocycles. The molecule has 0 spiro atoms. The molecule has 356 valence electrons. The molecule has 12 aromatic rings. The normalized spacial score (nSPS) is 10.6. The van der Waals surface area contributed by atoms with Gasteiger partial charge in [-0.15, -0.1) is 177 Å². The van der Waals surface area contributed by atoms with Crippen LogP contribution in [0.4, 0.5) is 0 Å². The molecule has 0 aliphatic rings. The molecular formula is C64H56Cl2P4Zr2-2. The molecule has 72 heavy (non-hydrogen) atoms. The fraction of sp³-hybridized carbons (Fsp3) is 0.0625. The average Bonchev–Trinajstić information content (AvgIpc) is 4.21. The molecule has 12 aromatic carbocycles. The molecule has 0 atom stereocenters. The predicted octanol–water partition coefficient (Wildman–Crippen LogP) is 8.49. The van der Waals surface area contributed by atoms with Gasteiger partial charge < -0.3 is 24.8 Å². The van der Waals surface area contributed by atoms with Gasteiger partial charge in [0.1, 0.15) is 0 Å². The van der Waals surface area contributed by atoms with Gasteiger partial charge >= 0.3 is 52.4 Å². The Morgan fingerprint density at radius 2 is 0.444 bits per heavy atom. The Morgan fingerprint density at radius 3 is 0.667 bits per heavy atom. The van der Waals surface area contributed by atoms with Crippen molar-refractivity contribution in [1.29, 1.82) is 0 Å². The zero-order valence-corrected chi connectivity index (χ0v) is 51.0. The summed E-state index contributed by atoms with van der Waals surface area (Å²) >= 11 is 0. The van der Waals surface area contributed by atoms with Crippen LogP contribution in [0.1, 0.15) is 0 Å². The van der Waals surface area contributed by atoms with E-state index in [2.05, 4.69) is 294 Å². The Hall–Kier alpha value is -3.73. The molecule has 0 radical (unpaired) electrons. The first-order chi connectivity index (χ1) is 33.4. The maximum Gasteiger partial charge on any atom is 2.00 e. The number of fused-ring (bicyclic) bond motifs is 4. The van der Waals surface area contributed by atoms with Gasteiger partial charge in [0.2, 0.25) is 0 Å². The molecule has 0 aliphatic heterocycles. The van der Waals surface area contributed by atoms with E-state index >= 15 is 0 Å². The third-order valence-corrected chi connectivity index (χ3v) is 19.4. The van der Waals surface area contributed by atoms with E-state index in [-0.39, 0.29) is 93.1 Å². The van der Waals surface area contributed by atoms with Crippen molar-refractivity contribution in [2.24, 2.45) is 0 Å². The van der Waals surface area contributed by atoms with E-state index < -0.39 is 15.8 Å². The largest absolute Gasteiger partial charge is 2.00 e. The molecular weight excluding hydrogens is 1150 g/mol. The van der Waals surface area contributed by atoms with Gasteiger partial charge in [0.15, 0.2) is 0 Å². The van der Waals surface area contributed by atoms with Crippen molar-refractivity contribution in [1.82, 2.24) is 0 Å². The SMILES string of the molecule is CP(C)c1cc2ccccc2[cH-]1.CP(C)c1cc2ccccc2[cH-]1.[Cl-].[Cl-].[Zr+2].[Zr+2].c1ccc(P(c2ccccc2)c2cc3ccccc3[cH-]2)cc1.c1ccc(P(c2ccccc2)c2cc3ccccc3[cH-]2)cc1. The molecule has 0 saturated heterocycles. The van der Waals surface area contributed by atoms with E-state index in [1.54, 1.807) is 0 Å². The summed E-state index contributed by atoms with van der Waals surface area (Å²) in [5.74, 6) is 0. The van der Waals surface area contributed by atoms with Crippen LogP contribution in [0, 0.1) is 0 Å². The van der Waals surface area contributed by atoms with Gasteiger partial charge in [0.05, 0.1) is 0 Å². The Kier molecular flexibility index (Phi) is 24.1. The summed E-state index contributed by atoms with van der Waals surface area (Å²) in [6.07, 6.45) is 0. The van der Waals surface area contributed by atoms with Crippen LogP contribution >= 0.6 is 31.7 Å².